The zero-order valence-corrected chi connectivity index (χ0v) is 21.0. The molecule has 40 heavy (non-hydrogen) atoms. The van der Waals surface area contributed by atoms with Crippen molar-refractivity contribution in [3.05, 3.63) is 48.2 Å². The van der Waals surface area contributed by atoms with Crippen LogP contribution in [0.5, 0.6) is 0 Å². The van der Waals surface area contributed by atoms with E-state index in [4.69, 9.17) is 29.0 Å². The molecule has 16 heteroatoms. The summed E-state index contributed by atoms with van der Waals surface area (Å²) in [6.07, 6.45) is -5.32. The molecule has 0 aliphatic carbocycles. The molecule has 3 N–H and O–H groups in total. The second kappa shape index (κ2) is 14.1. The van der Waals surface area contributed by atoms with Crippen molar-refractivity contribution >= 4 is 23.5 Å². The van der Waals surface area contributed by atoms with Gasteiger partial charge in [0.1, 0.15) is 11.5 Å². The summed E-state index contributed by atoms with van der Waals surface area (Å²) in [6.45, 7) is 5.59. The number of carboxylic acids is 2. The molecule has 0 aromatic carbocycles. The second-order valence-corrected chi connectivity index (χ2v) is 8.93. The molecule has 222 valence electrons. The number of nitrogens with zero attached hydrogens (tertiary/aromatic N) is 2. The Kier molecular flexibility index (Phi) is 11.5. The topological polar surface area (TPSA) is 142 Å². The fraction of sp³-hybridized carbons (Fsp3) is 0.500. The van der Waals surface area contributed by atoms with Crippen molar-refractivity contribution in [1.82, 2.24) is 9.88 Å². The highest BCUT2D eigenvalue weighted by Crippen LogP contribution is 2.36. The molecular weight excluding hydrogens is 556 g/mol. The number of hydrogen-bond acceptors (Lipinski definition) is 7. The minimum Gasteiger partial charge on any atom is -0.475 e. The van der Waals surface area contributed by atoms with Crippen molar-refractivity contribution in [3.63, 3.8) is 0 Å². The number of piperidine rings is 1. The lowest BCUT2D eigenvalue weighted by molar-refractivity contribution is -0.193. The number of nitrogens with one attached hydrogen (secondary N) is 1. The van der Waals surface area contributed by atoms with Gasteiger partial charge >= 0.3 is 24.3 Å². The van der Waals surface area contributed by atoms with Crippen LogP contribution in [0, 0.1) is 18.8 Å². The minimum atomic E-state index is -5.08. The van der Waals surface area contributed by atoms with Crippen LogP contribution in [0.15, 0.2) is 41.1 Å². The summed E-state index contributed by atoms with van der Waals surface area (Å²) in [5, 5.41) is 17.2. The number of ether oxygens (including phenoxy) is 1. The van der Waals surface area contributed by atoms with Crippen LogP contribution in [0.1, 0.15) is 24.4 Å². The number of likely N-dealkylation sites (tertiary alicyclic amines) is 1. The number of halogens is 6. The third-order valence-corrected chi connectivity index (χ3v) is 5.87. The Hall–Kier alpha value is -3.66. The van der Waals surface area contributed by atoms with E-state index < -0.39 is 24.3 Å². The molecule has 2 aliphatic rings. The van der Waals surface area contributed by atoms with E-state index in [9.17, 15) is 31.1 Å². The summed E-state index contributed by atoms with van der Waals surface area (Å²) >= 11 is 0. The zero-order chi connectivity index (χ0) is 30.1. The number of carbonyl (C=O) groups is 3. The second-order valence-electron chi connectivity index (χ2n) is 8.93. The van der Waals surface area contributed by atoms with Gasteiger partial charge < -0.3 is 24.7 Å². The Morgan fingerprint density at radius 1 is 1.07 bits per heavy atom. The number of carbonyl (C=O) groups excluding carboxylic acids is 1. The molecule has 4 heterocycles. The maximum atomic E-state index is 12.3. The molecule has 0 spiro atoms. The van der Waals surface area contributed by atoms with Gasteiger partial charge in [-0.15, -0.1) is 0 Å². The number of rotatable bonds is 5. The number of aromatic nitrogens is 1. The zero-order valence-electron chi connectivity index (χ0n) is 21.0. The number of fused-ring (bicyclic) bond motifs is 1. The van der Waals surface area contributed by atoms with E-state index in [-0.39, 0.29) is 12.0 Å². The lowest BCUT2D eigenvalue weighted by Crippen LogP contribution is -2.41. The van der Waals surface area contributed by atoms with Gasteiger partial charge in [-0.05, 0) is 50.1 Å². The molecule has 0 radical (unpaired) electrons. The molecule has 4 rings (SSSR count). The van der Waals surface area contributed by atoms with Crippen LogP contribution in [0.2, 0.25) is 0 Å². The SMILES string of the molecule is Cc1ccc(CN2CC[C@@H]3[C@@H](CO[C@@H]3CC(=O)Nc3cccnc3)C2)o1.O=C(O)C(F)(F)F.O=C(O)C(F)(F)F. The number of aryl methyl sites for hydroxylation is 1. The molecule has 3 atom stereocenters. The Labute approximate surface area is 223 Å². The first-order valence-corrected chi connectivity index (χ1v) is 11.8. The fourth-order valence-corrected chi connectivity index (χ4v) is 4.14. The summed E-state index contributed by atoms with van der Waals surface area (Å²) < 4.78 is 75.2. The van der Waals surface area contributed by atoms with Crippen LogP contribution in [0.3, 0.4) is 0 Å². The van der Waals surface area contributed by atoms with Crippen molar-refractivity contribution in [2.45, 2.75) is 44.8 Å². The Morgan fingerprint density at radius 3 is 2.20 bits per heavy atom. The summed E-state index contributed by atoms with van der Waals surface area (Å²) in [5.74, 6) is -2.58. The first kappa shape index (κ1) is 32.6. The third-order valence-electron chi connectivity index (χ3n) is 5.87. The van der Waals surface area contributed by atoms with Gasteiger partial charge in [0.05, 0.1) is 37.6 Å². The number of amides is 1. The number of alkyl halides is 6. The largest absolute Gasteiger partial charge is 0.490 e. The van der Waals surface area contributed by atoms with Gasteiger partial charge in [0, 0.05) is 18.7 Å². The van der Waals surface area contributed by atoms with Crippen molar-refractivity contribution in [3.8, 4) is 0 Å². The summed E-state index contributed by atoms with van der Waals surface area (Å²) in [7, 11) is 0. The van der Waals surface area contributed by atoms with Crippen LogP contribution in [-0.4, -0.2) is 76.1 Å². The van der Waals surface area contributed by atoms with Crippen LogP contribution in [-0.2, 0) is 25.7 Å². The minimum absolute atomic E-state index is 0.00265. The number of carboxylic acid groups (broad SMARTS) is 2. The van der Waals surface area contributed by atoms with Crippen LogP contribution in [0.4, 0.5) is 32.0 Å². The van der Waals surface area contributed by atoms with Crippen molar-refractivity contribution < 1.29 is 60.1 Å². The number of furan rings is 1. The number of hydrogen-bond donors (Lipinski definition) is 3. The maximum Gasteiger partial charge on any atom is 0.490 e. The van der Waals surface area contributed by atoms with Gasteiger partial charge in [-0.2, -0.15) is 26.3 Å². The van der Waals surface area contributed by atoms with E-state index in [2.05, 4.69) is 21.3 Å². The van der Waals surface area contributed by atoms with E-state index in [1.807, 2.05) is 25.1 Å². The molecule has 2 aromatic heterocycles. The highest BCUT2D eigenvalue weighted by molar-refractivity contribution is 5.90. The van der Waals surface area contributed by atoms with E-state index in [1.165, 1.54) is 0 Å². The molecule has 0 unspecified atom stereocenters. The monoisotopic (exact) mass is 583 g/mol. The summed E-state index contributed by atoms with van der Waals surface area (Å²) in [6, 6.07) is 7.72. The van der Waals surface area contributed by atoms with Crippen molar-refractivity contribution in [1.29, 1.82) is 0 Å². The predicted octanol–water partition coefficient (Wildman–Crippen LogP) is 4.12. The van der Waals surface area contributed by atoms with Gasteiger partial charge in [0.2, 0.25) is 5.91 Å². The summed E-state index contributed by atoms with van der Waals surface area (Å²) in [4.78, 5) is 36.6. The van der Waals surface area contributed by atoms with Crippen LogP contribution >= 0.6 is 0 Å². The Bertz CT molecular complexity index is 1100. The number of aliphatic carboxylic acids is 2. The number of pyridine rings is 1. The van der Waals surface area contributed by atoms with Gasteiger partial charge in [-0.1, -0.05) is 0 Å². The Balaban J connectivity index is 0.000000333. The van der Waals surface area contributed by atoms with Crippen LogP contribution in [0.25, 0.3) is 0 Å². The lowest BCUT2D eigenvalue weighted by atomic mass is 9.83. The smallest absolute Gasteiger partial charge is 0.475 e. The maximum absolute atomic E-state index is 12.3. The predicted molar refractivity (Wildman–Crippen MR) is 125 cm³/mol. The normalized spacial score (nSPS) is 20.7. The molecule has 0 saturated carbocycles. The van der Waals surface area contributed by atoms with Gasteiger partial charge in [0.15, 0.2) is 0 Å². The molecule has 0 bridgehead atoms. The van der Waals surface area contributed by atoms with Gasteiger partial charge in [-0.25, -0.2) is 9.59 Å². The van der Waals surface area contributed by atoms with E-state index in [1.54, 1.807) is 12.4 Å². The highest BCUT2D eigenvalue weighted by atomic mass is 19.4. The molecule has 1 amide bonds. The first-order valence-electron chi connectivity index (χ1n) is 11.8. The molecule has 2 saturated heterocycles. The van der Waals surface area contributed by atoms with Crippen molar-refractivity contribution in [2.75, 3.05) is 25.0 Å². The van der Waals surface area contributed by atoms with E-state index in [0.717, 1.165) is 49.9 Å². The molecule has 10 nitrogen and oxygen atoms in total. The number of anilines is 1. The molecular formula is C24H27F6N3O7. The van der Waals surface area contributed by atoms with Gasteiger partial charge in [0.25, 0.3) is 0 Å². The third kappa shape index (κ3) is 10.8. The average molecular weight is 583 g/mol. The van der Waals surface area contributed by atoms with E-state index >= 15 is 0 Å². The van der Waals surface area contributed by atoms with Crippen molar-refractivity contribution in [2.24, 2.45) is 11.8 Å². The Morgan fingerprint density at radius 2 is 1.70 bits per heavy atom. The van der Waals surface area contributed by atoms with Crippen LogP contribution < -0.4 is 5.32 Å². The standard InChI is InChI=1S/C20H25N3O3.2C2HF3O2/c1-14-4-5-17(26-14)12-23-8-6-18-15(11-23)13-25-19(18)9-20(24)22-16-3-2-7-21-10-16;2*3-2(4,5)1(6)7/h2-5,7,10,15,18-19H,6,8-9,11-13H2,1H3,(H,22,24);2*(H,6,7)/t15-,18-,19-;;/m1../s1. The quantitative estimate of drug-likeness (QED) is 0.443. The molecule has 2 fully saturated rings. The summed E-state index contributed by atoms with van der Waals surface area (Å²) in [5.41, 5.74) is 0.732. The molecule has 2 aromatic rings. The first-order chi connectivity index (χ1) is 18.6. The van der Waals surface area contributed by atoms with Gasteiger partial charge in [-0.3, -0.25) is 14.7 Å². The highest BCUT2D eigenvalue weighted by Gasteiger charge is 2.42. The average Bonchev–Trinajstić information content (AvgIpc) is 3.44. The molecule has 2 aliphatic heterocycles. The lowest BCUT2D eigenvalue weighted by Gasteiger charge is -2.35. The fourth-order valence-electron chi connectivity index (χ4n) is 4.14. The van der Waals surface area contributed by atoms with E-state index in [0.29, 0.717) is 18.3 Å².